The summed E-state index contributed by atoms with van der Waals surface area (Å²) in [6, 6.07) is 6.03. The van der Waals surface area contributed by atoms with Crippen LogP contribution >= 0.6 is 0 Å². The fraction of sp³-hybridized carbons (Fsp3) is 0.476. The predicted molar refractivity (Wildman–Crippen MR) is 109 cm³/mol. The van der Waals surface area contributed by atoms with Crippen molar-refractivity contribution in [3.8, 4) is 5.69 Å². The van der Waals surface area contributed by atoms with Gasteiger partial charge < -0.3 is 0 Å². The fourth-order valence-electron chi connectivity index (χ4n) is 4.76. The number of rotatable bonds is 5. The van der Waals surface area contributed by atoms with Crippen LogP contribution in [0.3, 0.4) is 0 Å². The fourth-order valence-corrected chi connectivity index (χ4v) is 5.80. The van der Waals surface area contributed by atoms with E-state index in [1.807, 2.05) is 13.0 Å². The Morgan fingerprint density at radius 2 is 1.94 bits per heavy atom. The third-order valence-corrected chi connectivity index (χ3v) is 8.31. The largest absolute Gasteiger partial charge is 0.404 e. The van der Waals surface area contributed by atoms with Crippen LogP contribution in [0.25, 0.3) is 11.8 Å². The summed E-state index contributed by atoms with van der Waals surface area (Å²) in [5, 5.41) is 4.44. The maximum atomic E-state index is 13.3. The number of sulfonamides is 1. The van der Waals surface area contributed by atoms with Crippen LogP contribution in [0.5, 0.6) is 0 Å². The van der Waals surface area contributed by atoms with E-state index in [2.05, 4.69) is 5.10 Å². The molecule has 0 amide bonds. The molecule has 1 aromatic carbocycles. The maximum absolute atomic E-state index is 13.3. The molecule has 2 atom stereocenters. The highest BCUT2D eigenvalue weighted by atomic mass is 32.2. The minimum Gasteiger partial charge on any atom is -0.233 e. The number of alkyl halides is 3. The average molecular weight is 457 g/mol. The number of hydrogen-bond acceptors (Lipinski definition) is 3. The Kier molecular flexibility index (Phi) is 5.28. The summed E-state index contributed by atoms with van der Waals surface area (Å²) < 4.78 is 78.1. The molecule has 2 aliphatic rings. The molecule has 0 radical (unpaired) electrons. The minimum absolute atomic E-state index is 0.0354. The number of halogens is 4. The molecule has 2 aromatic rings. The smallest absolute Gasteiger partial charge is 0.233 e. The van der Waals surface area contributed by atoms with Gasteiger partial charge in [0.1, 0.15) is 5.82 Å². The van der Waals surface area contributed by atoms with Gasteiger partial charge in [0.15, 0.2) is 5.75 Å². The van der Waals surface area contributed by atoms with Gasteiger partial charge in [-0.05, 0) is 66.5 Å². The van der Waals surface area contributed by atoms with E-state index in [0.29, 0.717) is 12.8 Å². The van der Waals surface area contributed by atoms with E-state index in [-0.39, 0.29) is 23.7 Å². The van der Waals surface area contributed by atoms with Crippen LogP contribution in [0.15, 0.2) is 36.0 Å². The Hall–Kier alpha value is -2.20. The van der Waals surface area contributed by atoms with Crippen LogP contribution in [0, 0.1) is 17.2 Å². The van der Waals surface area contributed by atoms with Crippen LogP contribution in [0.4, 0.5) is 17.6 Å². The molecule has 2 aliphatic carbocycles. The Balaban J connectivity index is 1.58. The Labute approximate surface area is 178 Å². The zero-order chi connectivity index (χ0) is 22.6. The second kappa shape index (κ2) is 7.44. The van der Waals surface area contributed by atoms with Gasteiger partial charge in [0.05, 0.1) is 17.6 Å². The van der Waals surface area contributed by atoms with Crippen molar-refractivity contribution in [1.29, 1.82) is 0 Å². The number of benzene rings is 1. The van der Waals surface area contributed by atoms with Crippen molar-refractivity contribution < 1.29 is 26.0 Å². The summed E-state index contributed by atoms with van der Waals surface area (Å²) in [5.74, 6) is -2.29. The van der Waals surface area contributed by atoms with Crippen molar-refractivity contribution in [1.82, 2.24) is 14.1 Å². The molecule has 0 unspecified atom stereocenters. The summed E-state index contributed by atoms with van der Waals surface area (Å²) in [7, 11) is -3.21. The van der Waals surface area contributed by atoms with E-state index < -0.39 is 22.0 Å². The standard InChI is InChI=1S/C21H23F4N3O2S/c1-20-10-14-11-26-28(18-7-5-17(22)6-8-18)19(14)9-15(20)3-4-16(20)12-27(2)31(29,30)13-21(23,24)25/h5-9,11,16H,3-4,10,12-13H2,1-2H3/t16-,20+/m1/s1. The topological polar surface area (TPSA) is 55.2 Å². The van der Waals surface area contributed by atoms with Crippen molar-refractivity contribution in [3.05, 3.63) is 53.1 Å². The SMILES string of the molecule is CN(C[C@H]1CCC2=Cc3c(cnn3-c3ccc(F)cc3)C[C@@]21C)S(=O)(=O)CC(F)(F)F. The number of hydrogen-bond donors (Lipinski definition) is 0. The highest BCUT2D eigenvalue weighted by Crippen LogP contribution is 2.53. The number of fused-ring (bicyclic) bond motifs is 2. The van der Waals surface area contributed by atoms with Gasteiger partial charge in [-0.3, -0.25) is 0 Å². The Morgan fingerprint density at radius 1 is 1.26 bits per heavy atom. The van der Waals surface area contributed by atoms with Crippen LogP contribution in [0.1, 0.15) is 31.0 Å². The van der Waals surface area contributed by atoms with Crippen LogP contribution in [-0.2, 0) is 16.4 Å². The molecule has 0 N–H and O–H groups in total. The first-order valence-electron chi connectivity index (χ1n) is 9.94. The molecule has 168 valence electrons. The third kappa shape index (κ3) is 4.15. The van der Waals surface area contributed by atoms with Crippen molar-refractivity contribution in [2.24, 2.45) is 11.3 Å². The minimum atomic E-state index is -4.77. The van der Waals surface area contributed by atoms with Gasteiger partial charge in [0.25, 0.3) is 0 Å². The lowest BCUT2D eigenvalue weighted by molar-refractivity contribution is -0.107. The summed E-state index contributed by atoms with van der Waals surface area (Å²) in [6.45, 7) is 2.08. The van der Waals surface area contributed by atoms with Crippen molar-refractivity contribution in [2.45, 2.75) is 32.4 Å². The molecule has 1 saturated carbocycles. The normalized spacial score (nSPS) is 23.6. The van der Waals surface area contributed by atoms with Gasteiger partial charge in [0, 0.05) is 13.6 Å². The first-order chi connectivity index (χ1) is 14.4. The van der Waals surface area contributed by atoms with Crippen molar-refractivity contribution in [3.63, 3.8) is 0 Å². The molecule has 1 fully saturated rings. The Bertz CT molecular complexity index is 1120. The van der Waals surface area contributed by atoms with Crippen LogP contribution in [-0.4, -0.2) is 48.0 Å². The molecule has 0 aliphatic heterocycles. The molecule has 5 nitrogen and oxygen atoms in total. The zero-order valence-corrected chi connectivity index (χ0v) is 18.0. The first kappa shape index (κ1) is 22.0. The molecule has 1 heterocycles. The van der Waals surface area contributed by atoms with E-state index in [4.69, 9.17) is 0 Å². The summed E-state index contributed by atoms with van der Waals surface area (Å²) in [5.41, 5.74) is 3.39. The van der Waals surface area contributed by atoms with Gasteiger partial charge >= 0.3 is 6.18 Å². The molecule has 0 saturated heterocycles. The maximum Gasteiger partial charge on any atom is 0.404 e. The lowest BCUT2D eigenvalue weighted by Gasteiger charge is -2.37. The molecular weight excluding hydrogens is 434 g/mol. The number of allylic oxidation sites excluding steroid dienone is 1. The second-order valence-corrected chi connectivity index (χ2v) is 10.7. The zero-order valence-electron chi connectivity index (χ0n) is 17.2. The molecule has 31 heavy (non-hydrogen) atoms. The molecule has 10 heteroatoms. The third-order valence-electron chi connectivity index (χ3n) is 6.52. The molecule has 0 spiro atoms. The van der Waals surface area contributed by atoms with Crippen LogP contribution < -0.4 is 0 Å². The van der Waals surface area contributed by atoms with Gasteiger partial charge in [0.2, 0.25) is 10.0 Å². The van der Waals surface area contributed by atoms with Gasteiger partial charge in [-0.25, -0.2) is 21.8 Å². The predicted octanol–water partition coefficient (Wildman–Crippen LogP) is 4.19. The van der Waals surface area contributed by atoms with E-state index in [1.165, 1.54) is 19.2 Å². The second-order valence-electron chi connectivity index (χ2n) is 8.59. The summed E-state index contributed by atoms with van der Waals surface area (Å²) in [6.07, 6.45) is 1.07. The van der Waals surface area contributed by atoms with E-state index >= 15 is 0 Å². The van der Waals surface area contributed by atoms with Gasteiger partial charge in [-0.2, -0.15) is 18.3 Å². The molecular formula is C21H23F4N3O2S. The number of nitrogens with zero attached hydrogens (tertiary/aromatic N) is 3. The lowest BCUT2D eigenvalue weighted by atomic mass is 9.70. The first-order valence-corrected chi connectivity index (χ1v) is 11.5. The van der Waals surface area contributed by atoms with Gasteiger partial charge in [-0.1, -0.05) is 12.5 Å². The lowest BCUT2D eigenvalue weighted by Crippen LogP contribution is -2.41. The number of aromatic nitrogens is 2. The highest BCUT2D eigenvalue weighted by Gasteiger charge is 2.47. The van der Waals surface area contributed by atoms with E-state index in [9.17, 15) is 26.0 Å². The van der Waals surface area contributed by atoms with Crippen molar-refractivity contribution in [2.75, 3.05) is 19.3 Å². The average Bonchev–Trinajstić information content (AvgIpc) is 3.19. The Morgan fingerprint density at radius 3 is 2.58 bits per heavy atom. The summed E-state index contributed by atoms with van der Waals surface area (Å²) >= 11 is 0. The summed E-state index contributed by atoms with van der Waals surface area (Å²) in [4.78, 5) is 0. The molecule has 1 aromatic heterocycles. The van der Waals surface area contributed by atoms with E-state index in [0.717, 1.165) is 33.2 Å². The highest BCUT2D eigenvalue weighted by molar-refractivity contribution is 7.89. The quantitative estimate of drug-likeness (QED) is 0.633. The van der Waals surface area contributed by atoms with Crippen LogP contribution in [0.2, 0.25) is 0 Å². The molecule has 4 rings (SSSR count). The van der Waals surface area contributed by atoms with Crippen molar-refractivity contribution >= 4 is 16.1 Å². The molecule has 0 bridgehead atoms. The van der Waals surface area contributed by atoms with E-state index in [1.54, 1.807) is 23.0 Å². The monoisotopic (exact) mass is 457 g/mol. The van der Waals surface area contributed by atoms with Gasteiger partial charge in [-0.15, -0.1) is 0 Å².